The molecule has 0 unspecified atom stereocenters. The fraction of sp³-hybridized carbons (Fsp3) is 0.471. The smallest absolute Gasteiger partial charge is 0.255 e. The minimum absolute atomic E-state index is 0.0958. The highest BCUT2D eigenvalue weighted by molar-refractivity contribution is 6.05. The van der Waals surface area contributed by atoms with Gasteiger partial charge in [-0.15, -0.1) is 0 Å². The van der Waals surface area contributed by atoms with Crippen LogP contribution in [-0.2, 0) is 29.1 Å². The zero-order chi connectivity index (χ0) is 16.0. The lowest BCUT2D eigenvalue weighted by molar-refractivity contribution is -0.136. The monoisotopic (exact) mass is 313 g/mol. The molecule has 23 heavy (non-hydrogen) atoms. The molecule has 1 saturated heterocycles. The molecule has 6 nitrogen and oxygen atoms in total. The van der Waals surface area contributed by atoms with Gasteiger partial charge in [0.25, 0.3) is 5.91 Å². The van der Waals surface area contributed by atoms with Gasteiger partial charge in [-0.05, 0) is 48.6 Å². The Morgan fingerprint density at radius 1 is 1.04 bits per heavy atom. The van der Waals surface area contributed by atoms with Crippen LogP contribution in [0, 0.1) is 0 Å². The van der Waals surface area contributed by atoms with Gasteiger partial charge < -0.3 is 10.2 Å². The standard InChI is InChI=1S/C17H19N3O3/c21-15-4-3-14(16(22)19-15)20-9-12-6-10-2-1-5-18-8-11(10)7-13(12)17(20)23/h6-7,14,18H,1-5,8-9H2,(H,19,21,22)/t14-/m0/s1. The summed E-state index contributed by atoms with van der Waals surface area (Å²) in [6.45, 7) is 2.24. The molecule has 3 aliphatic heterocycles. The molecule has 1 atom stereocenters. The number of piperidine rings is 1. The molecule has 1 aromatic carbocycles. The number of amides is 3. The third-order valence-corrected chi connectivity index (χ3v) is 4.96. The van der Waals surface area contributed by atoms with Gasteiger partial charge in [0.2, 0.25) is 11.8 Å². The number of carbonyl (C=O) groups is 3. The Morgan fingerprint density at radius 2 is 1.91 bits per heavy atom. The highest BCUT2D eigenvalue weighted by Gasteiger charge is 2.39. The van der Waals surface area contributed by atoms with Crippen LogP contribution in [0.3, 0.4) is 0 Å². The predicted molar refractivity (Wildman–Crippen MR) is 82.5 cm³/mol. The van der Waals surface area contributed by atoms with Gasteiger partial charge >= 0.3 is 0 Å². The molecule has 6 heteroatoms. The first-order chi connectivity index (χ1) is 11.1. The molecule has 0 aliphatic carbocycles. The van der Waals surface area contributed by atoms with Crippen molar-refractivity contribution in [1.82, 2.24) is 15.5 Å². The zero-order valence-corrected chi connectivity index (χ0v) is 12.9. The van der Waals surface area contributed by atoms with E-state index in [1.165, 1.54) is 11.1 Å². The van der Waals surface area contributed by atoms with E-state index in [4.69, 9.17) is 0 Å². The molecule has 0 saturated carbocycles. The van der Waals surface area contributed by atoms with Crippen molar-refractivity contribution in [3.63, 3.8) is 0 Å². The summed E-state index contributed by atoms with van der Waals surface area (Å²) in [7, 11) is 0. The molecule has 0 aromatic heterocycles. The molecule has 1 aromatic rings. The van der Waals surface area contributed by atoms with E-state index in [-0.39, 0.29) is 24.1 Å². The van der Waals surface area contributed by atoms with Crippen LogP contribution in [0.25, 0.3) is 0 Å². The van der Waals surface area contributed by atoms with Gasteiger partial charge in [-0.3, -0.25) is 19.7 Å². The summed E-state index contributed by atoms with van der Waals surface area (Å²) in [6, 6.07) is 3.57. The SMILES string of the molecule is O=C1CC[C@H](N2Cc3cc4c(cc3C2=O)CNCCC4)C(=O)N1. The number of imide groups is 1. The minimum Gasteiger partial charge on any atom is -0.322 e. The van der Waals surface area contributed by atoms with E-state index >= 15 is 0 Å². The third-order valence-electron chi connectivity index (χ3n) is 4.96. The van der Waals surface area contributed by atoms with Gasteiger partial charge in [-0.1, -0.05) is 6.07 Å². The summed E-state index contributed by atoms with van der Waals surface area (Å²) < 4.78 is 0. The summed E-state index contributed by atoms with van der Waals surface area (Å²) in [5.74, 6) is -0.708. The van der Waals surface area contributed by atoms with Crippen LogP contribution < -0.4 is 10.6 Å². The van der Waals surface area contributed by atoms with Crippen LogP contribution in [0.4, 0.5) is 0 Å². The number of nitrogens with zero attached hydrogens (tertiary/aromatic N) is 1. The Balaban J connectivity index is 1.63. The van der Waals surface area contributed by atoms with E-state index in [9.17, 15) is 14.4 Å². The summed E-state index contributed by atoms with van der Waals surface area (Å²) in [6.07, 6.45) is 2.81. The maximum absolute atomic E-state index is 12.7. The quantitative estimate of drug-likeness (QED) is 0.739. The second-order valence-corrected chi connectivity index (χ2v) is 6.46. The third kappa shape index (κ3) is 2.43. The summed E-state index contributed by atoms with van der Waals surface area (Å²) in [4.78, 5) is 37.7. The second-order valence-electron chi connectivity index (χ2n) is 6.46. The highest BCUT2D eigenvalue weighted by Crippen LogP contribution is 2.30. The van der Waals surface area contributed by atoms with E-state index in [1.807, 2.05) is 6.07 Å². The average molecular weight is 313 g/mol. The Bertz CT molecular complexity index is 713. The maximum atomic E-state index is 12.7. The van der Waals surface area contributed by atoms with Crippen molar-refractivity contribution in [2.75, 3.05) is 6.54 Å². The van der Waals surface area contributed by atoms with E-state index in [0.29, 0.717) is 18.5 Å². The van der Waals surface area contributed by atoms with Crippen LogP contribution in [0.5, 0.6) is 0 Å². The largest absolute Gasteiger partial charge is 0.322 e. The van der Waals surface area contributed by atoms with Crippen LogP contribution in [0.15, 0.2) is 12.1 Å². The van der Waals surface area contributed by atoms with Gasteiger partial charge in [0, 0.05) is 25.1 Å². The van der Waals surface area contributed by atoms with Gasteiger partial charge in [-0.2, -0.15) is 0 Å². The fourth-order valence-electron chi connectivity index (χ4n) is 3.74. The van der Waals surface area contributed by atoms with Crippen molar-refractivity contribution >= 4 is 17.7 Å². The number of carbonyl (C=O) groups excluding carboxylic acids is 3. The molecule has 3 amide bonds. The Morgan fingerprint density at radius 3 is 2.74 bits per heavy atom. The maximum Gasteiger partial charge on any atom is 0.255 e. The number of aryl methyl sites for hydroxylation is 1. The Hall–Kier alpha value is -2.21. The number of hydrogen-bond donors (Lipinski definition) is 2. The zero-order valence-electron chi connectivity index (χ0n) is 12.9. The Kier molecular flexibility index (Phi) is 3.41. The molecule has 120 valence electrons. The topological polar surface area (TPSA) is 78.5 Å². The molecule has 3 heterocycles. The second kappa shape index (κ2) is 5.45. The van der Waals surface area contributed by atoms with Gasteiger partial charge in [0.05, 0.1) is 0 Å². The van der Waals surface area contributed by atoms with Gasteiger partial charge in [-0.25, -0.2) is 0 Å². The molecule has 0 radical (unpaired) electrons. The first-order valence-electron chi connectivity index (χ1n) is 8.13. The average Bonchev–Trinajstić information content (AvgIpc) is 2.71. The number of nitrogens with one attached hydrogen (secondary N) is 2. The normalized spacial score (nSPS) is 24.1. The van der Waals surface area contributed by atoms with Crippen molar-refractivity contribution in [3.8, 4) is 0 Å². The molecule has 3 aliphatic rings. The number of benzene rings is 1. The van der Waals surface area contributed by atoms with E-state index in [0.717, 1.165) is 31.5 Å². The molecule has 2 N–H and O–H groups in total. The summed E-state index contributed by atoms with van der Waals surface area (Å²) in [5, 5.41) is 5.70. The van der Waals surface area contributed by atoms with Crippen molar-refractivity contribution in [2.45, 2.75) is 44.8 Å². The number of hydrogen-bond acceptors (Lipinski definition) is 4. The van der Waals surface area contributed by atoms with Crippen LogP contribution in [0.1, 0.15) is 46.3 Å². The molecule has 0 spiro atoms. The molecule has 1 fully saturated rings. The Labute approximate surface area is 134 Å². The summed E-state index contributed by atoms with van der Waals surface area (Å²) >= 11 is 0. The number of fused-ring (bicyclic) bond motifs is 2. The first kappa shape index (κ1) is 14.4. The van der Waals surface area contributed by atoms with Crippen LogP contribution in [0.2, 0.25) is 0 Å². The first-order valence-corrected chi connectivity index (χ1v) is 8.13. The fourth-order valence-corrected chi connectivity index (χ4v) is 3.74. The van der Waals surface area contributed by atoms with E-state index in [2.05, 4.69) is 16.7 Å². The van der Waals surface area contributed by atoms with Crippen molar-refractivity contribution in [1.29, 1.82) is 0 Å². The van der Waals surface area contributed by atoms with Crippen molar-refractivity contribution in [2.24, 2.45) is 0 Å². The highest BCUT2D eigenvalue weighted by atomic mass is 16.2. The minimum atomic E-state index is -0.537. The van der Waals surface area contributed by atoms with E-state index < -0.39 is 6.04 Å². The lowest BCUT2D eigenvalue weighted by atomic mass is 9.97. The molecular weight excluding hydrogens is 294 g/mol. The predicted octanol–water partition coefficient (Wildman–Crippen LogP) is 0.483. The van der Waals surface area contributed by atoms with Gasteiger partial charge in [0.15, 0.2) is 0 Å². The lowest BCUT2D eigenvalue weighted by Gasteiger charge is -2.29. The van der Waals surface area contributed by atoms with E-state index in [1.54, 1.807) is 4.90 Å². The molecule has 4 rings (SSSR count). The van der Waals surface area contributed by atoms with Gasteiger partial charge in [0.1, 0.15) is 6.04 Å². The molecule has 0 bridgehead atoms. The number of rotatable bonds is 1. The molecular formula is C17H19N3O3. The summed E-state index contributed by atoms with van der Waals surface area (Å²) in [5.41, 5.74) is 4.18. The van der Waals surface area contributed by atoms with Crippen LogP contribution >= 0.6 is 0 Å². The van der Waals surface area contributed by atoms with Crippen molar-refractivity contribution in [3.05, 3.63) is 34.4 Å². The lowest BCUT2D eigenvalue weighted by Crippen LogP contribution is -2.52. The van der Waals surface area contributed by atoms with Crippen molar-refractivity contribution < 1.29 is 14.4 Å². The van der Waals surface area contributed by atoms with Crippen LogP contribution in [-0.4, -0.2) is 35.2 Å².